The first-order chi connectivity index (χ1) is 22.5. The summed E-state index contributed by atoms with van der Waals surface area (Å²) in [6, 6.07) is 9.32. The molecule has 1 aliphatic rings. The van der Waals surface area contributed by atoms with Crippen LogP contribution in [0.4, 0.5) is 11.5 Å². The van der Waals surface area contributed by atoms with Crippen molar-refractivity contribution < 1.29 is 14.4 Å². The molecule has 3 N–H and O–H groups in total. The Labute approximate surface area is 287 Å². The van der Waals surface area contributed by atoms with E-state index < -0.39 is 0 Å². The quantitative estimate of drug-likeness (QED) is 0.0964. The highest BCUT2D eigenvalue weighted by molar-refractivity contribution is 9.10. The Hall–Kier alpha value is -4.36. The molecule has 5 rings (SSSR count). The van der Waals surface area contributed by atoms with Crippen molar-refractivity contribution in [3.05, 3.63) is 80.4 Å². The Kier molecular flexibility index (Phi) is 12.4. The molecule has 0 bridgehead atoms. The van der Waals surface area contributed by atoms with Crippen LogP contribution in [-0.4, -0.2) is 67.8 Å². The lowest BCUT2D eigenvalue weighted by atomic mass is 9.99. The van der Waals surface area contributed by atoms with E-state index in [0.717, 1.165) is 46.7 Å². The number of carbonyl (C=O) groups excluding carboxylic acids is 3. The van der Waals surface area contributed by atoms with Crippen molar-refractivity contribution in [2.24, 2.45) is 5.92 Å². The highest BCUT2D eigenvalue weighted by Gasteiger charge is 2.32. The van der Waals surface area contributed by atoms with Crippen LogP contribution in [0.1, 0.15) is 54.8 Å². The molecular weight excluding hydrogens is 680 g/mol. The van der Waals surface area contributed by atoms with Gasteiger partial charge in [-0.05, 0) is 84.8 Å². The third-order valence-electron chi connectivity index (χ3n) is 7.85. The summed E-state index contributed by atoms with van der Waals surface area (Å²) in [6.07, 6.45) is 6.85. The number of ketones is 1. The number of aromatic nitrogens is 4. The fourth-order valence-corrected chi connectivity index (χ4v) is 6.59. The summed E-state index contributed by atoms with van der Waals surface area (Å²) in [5.74, 6) is 1.33. The number of likely N-dealkylation sites (tertiary alicyclic amines) is 1. The molecule has 0 saturated carbocycles. The molecule has 1 saturated heterocycles. The molecule has 11 nitrogen and oxygen atoms in total. The average molecular weight is 720 g/mol. The number of thiazole rings is 1. The van der Waals surface area contributed by atoms with Crippen molar-refractivity contribution in [3.8, 4) is 11.1 Å². The normalized spacial score (nSPS) is 15.4. The Balaban J connectivity index is 0.000000385. The molecule has 1 fully saturated rings. The Morgan fingerprint density at radius 2 is 1.87 bits per heavy atom. The zero-order valence-corrected chi connectivity index (χ0v) is 29.5. The second-order valence-corrected chi connectivity index (χ2v) is 13.2. The maximum Gasteiger partial charge on any atom is 0.242 e. The number of hydrogen-bond donors (Lipinski definition) is 3. The Morgan fingerprint density at radius 3 is 2.53 bits per heavy atom. The van der Waals surface area contributed by atoms with Crippen molar-refractivity contribution in [3.63, 3.8) is 0 Å². The molecule has 0 radical (unpaired) electrons. The topological polar surface area (TPSA) is 154 Å². The first-order valence-electron chi connectivity index (χ1n) is 15.3. The van der Waals surface area contributed by atoms with Crippen molar-refractivity contribution >= 4 is 62.6 Å². The number of hydrogen-bond acceptors (Lipinski definition) is 10. The van der Waals surface area contributed by atoms with Gasteiger partial charge in [0.25, 0.3) is 0 Å². The van der Waals surface area contributed by atoms with Crippen LogP contribution >= 0.6 is 27.3 Å². The first kappa shape index (κ1) is 35.5. The van der Waals surface area contributed by atoms with Gasteiger partial charge in [0, 0.05) is 60.5 Å². The molecular formula is C34H39BrN8O3S. The van der Waals surface area contributed by atoms with Crippen LogP contribution in [0.3, 0.4) is 0 Å². The van der Waals surface area contributed by atoms with E-state index in [-0.39, 0.29) is 30.0 Å². The fourth-order valence-electron chi connectivity index (χ4n) is 5.29. The van der Waals surface area contributed by atoms with Crippen LogP contribution in [0.25, 0.3) is 11.1 Å². The standard InChI is InChI=1S/C27H32N6O2S.C7H7BrN2O/c1-5-22-15-36-25(32-22)9-19-8-16(2)33(14-19)26(35)13-31-24-7-6-20(10-23(24)27(28)17(3)34)21-11-29-18(4)30-12-21;1-5-2-3-6(8)10-7(5)9-4-11/h6-7,10-12,15-16,19,28,31H,5,8-9,13-14H2,1-4H3;2-4H,1H3,(H,9,10,11). The van der Waals surface area contributed by atoms with Crippen LogP contribution in [0, 0.1) is 25.2 Å². The molecule has 4 heterocycles. The van der Waals surface area contributed by atoms with E-state index in [4.69, 9.17) is 5.41 Å². The summed E-state index contributed by atoms with van der Waals surface area (Å²) in [4.78, 5) is 54.3. The zero-order valence-electron chi connectivity index (χ0n) is 27.1. The van der Waals surface area contributed by atoms with Gasteiger partial charge in [0.05, 0.1) is 17.2 Å². The number of halogens is 1. The fraction of sp³-hybridized carbons (Fsp3) is 0.353. The van der Waals surface area contributed by atoms with Crippen molar-refractivity contribution in [1.82, 2.24) is 24.8 Å². The molecule has 13 heteroatoms. The predicted octanol–water partition coefficient (Wildman–Crippen LogP) is 6.04. The second kappa shape index (κ2) is 16.5. The third kappa shape index (κ3) is 9.58. The Bertz CT molecular complexity index is 1740. The van der Waals surface area contributed by atoms with E-state index in [1.54, 1.807) is 35.9 Å². The molecule has 2 amide bonds. The highest BCUT2D eigenvalue weighted by atomic mass is 79.9. The summed E-state index contributed by atoms with van der Waals surface area (Å²) >= 11 is 4.90. The lowest BCUT2D eigenvalue weighted by molar-refractivity contribution is -0.129. The average Bonchev–Trinajstić information content (AvgIpc) is 3.67. The number of benzene rings is 1. The second-order valence-electron chi connectivity index (χ2n) is 11.4. The van der Waals surface area contributed by atoms with E-state index in [1.807, 2.05) is 36.9 Å². The van der Waals surface area contributed by atoms with Gasteiger partial charge in [-0.25, -0.2) is 19.9 Å². The minimum atomic E-state index is -0.342. The number of nitrogens with one attached hydrogen (secondary N) is 3. The van der Waals surface area contributed by atoms with Gasteiger partial charge < -0.3 is 15.5 Å². The van der Waals surface area contributed by atoms with Crippen LogP contribution in [0.2, 0.25) is 0 Å². The van der Waals surface area contributed by atoms with E-state index in [2.05, 4.69) is 65.7 Å². The van der Waals surface area contributed by atoms with E-state index >= 15 is 0 Å². The summed E-state index contributed by atoms with van der Waals surface area (Å²) in [6.45, 7) is 10.1. The number of Topliss-reactive ketones (excluding diaryl/α,β-unsaturated/α-hetero) is 1. The van der Waals surface area contributed by atoms with Crippen LogP contribution in [0.15, 0.2) is 52.7 Å². The van der Waals surface area contributed by atoms with Gasteiger partial charge in [0.2, 0.25) is 12.3 Å². The minimum absolute atomic E-state index is 0.00898. The van der Waals surface area contributed by atoms with Gasteiger partial charge in [0.15, 0.2) is 5.78 Å². The number of nitrogens with zero attached hydrogens (tertiary/aromatic N) is 5. The SMILES string of the molecule is CCc1csc(CC2CC(C)N(C(=O)CNc3ccc(-c4cnc(C)nc4)cc3C(=N)C(C)=O)C2)n1.Cc1ccc(Br)nc1NC=O. The molecule has 2 atom stereocenters. The highest BCUT2D eigenvalue weighted by Crippen LogP contribution is 2.29. The van der Waals surface area contributed by atoms with Gasteiger partial charge in [-0.3, -0.25) is 19.8 Å². The lowest BCUT2D eigenvalue weighted by Gasteiger charge is -2.22. The minimum Gasteiger partial charge on any atom is -0.376 e. The molecule has 246 valence electrons. The van der Waals surface area contributed by atoms with Gasteiger partial charge >= 0.3 is 0 Å². The van der Waals surface area contributed by atoms with E-state index in [1.165, 1.54) is 6.92 Å². The smallest absolute Gasteiger partial charge is 0.242 e. The third-order valence-corrected chi connectivity index (χ3v) is 9.21. The monoisotopic (exact) mass is 718 g/mol. The Morgan fingerprint density at radius 1 is 1.13 bits per heavy atom. The number of carbonyl (C=O) groups is 3. The molecule has 47 heavy (non-hydrogen) atoms. The van der Waals surface area contributed by atoms with Crippen molar-refractivity contribution in [2.75, 3.05) is 23.7 Å². The summed E-state index contributed by atoms with van der Waals surface area (Å²) < 4.78 is 0.715. The van der Waals surface area contributed by atoms with Crippen LogP contribution in [-0.2, 0) is 27.2 Å². The van der Waals surface area contributed by atoms with Gasteiger partial charge in [-0.15, -0.1) is 11.3 Å². The maximum atomic E-state index is 13.1. The molecule has 0 spiro atoms. The largest absolute Gasteiger partial charge is 0.376 e. The number of pyridine rings is 1. The summed E-state index contributed by atoms with van der Waals surface area (Å²) in [5, 5.41) is 17.3. The van der Waals surface area contributed by atoms with Crippen molar-refractivity contribution in [2.45, 2.75) is 59.9 Å². The summed E-state index contributed by atoms with van der Waals surface area (Å²) in [5.41, 5.74) is 4.60. The maximum absolute atomic E-state index is 13.1. The predicted molar refractivity (Wildman–Crippen MR) is 189 cm³/mol. The zero-order chi connectivity index (χ0) is 34.1. The van der Waals surface area contributed by atoms with E-state index in [9.17, 15) is 14.4 Å². The molecule has 4 aromatic rings. The van der Waals surface area contributed by atoms with Crippen LogP contribution in [0.5, 0.6) is 0 Å². The van der Waals surface area contributed by atoms with Gasteiger partial charge in [-0.2, -0.15) is 0 Å². The number of rotatable bonds is 11. The lowest BCUT2D eigenvalue weighted by Crippen LogP contribution is -2.38. The molecule has 3 aromatic heterocycles. The van der Waals surface area contributed by atoms with Crippen LogP contribution < -0.4 is 10.6 Å². The molecule has 1 aliphatic heterocycles. The molecule has 2 unspecified atom stereocenters. The molecule has 1 aromatic carbocycles. The van der Waals surface area contributed by atoms with E-state index in [0.29, 0.717) is 46.4 Å². The first-order valence-corrected chi connectivity index (χ1v) is 17.0. The van der Waals surface area contributed by atoms with Gasteiger partial charge in [0.1, 0.15) is 22.0 Å². The number of aryl methyl sites for hydroxylation is 3. The number of amides is 2. The molecule has 0 aliphatic carbocycles. The van der Waals surface area contributed by atoms with Crippen molar-refractivity contribution in [1.29, 1.82) is 5.41 Å². The number of anilines is 2. The van der Waals surface area contributed by atoms with Gasteiger partial charge in [-0.1, -0.05) is 19.1 Å². The summed E-state index contributed by atoms with van der Waals surface area (Å²) in [7, 11) is 0.